The smallest absolute Gasteiger partial charge is 0.162 e. The molecular formula is C23H26OP+. The van der Waals surface area contributed by atoms with Crippen molar-refractivity contribution in [2.45, 2.75) is 19.8 Å². The number of hydrogen-bond donors (Lipinski definition) is 0. The zero-order chi connectivity index (χ0) is 17.5. The van der Waals surface area contributed by atoms with Crippen molar-refractivity contribution in [1.29, 1.82) is 0 Å². The second-order valence-corrected chi connectivity index (χ2v) is 9.87. The summed E-state index contributed by atoms with van der Waals surface area (Å²) in [6.45, 7) is 5.37. The van der Waals surface area contributed by atoms with Crippen LogP contribution in [0.5, 0.6) is 5.75 Å². The molecule has 3 aromatic rings. The summed E-state index contributed by atoms with van der Waals surface area (Å²) < 4.78 is 6.19. The van der Waals surface area contributed by atoms with Crippen LogP contribution in [-0.4, -0.2) is 13.3 Å². The van der Waals surface area contributed by atoms with Gasteiger partial charge in [0.15, 0.2) is 5.75 Å². The van der Waals surface area contributed by atoms with Gasteiger partial charge in [0.1, 0.15) is 23.2 Å². The van der Waals surface area contributed by atoms with E-state index in [0.717, 1.165) is 25.2 Å². The maximum absolute atomic E-state index is 6.19. The molecule has 0 saturated heterocycles. The van der Waals surface area contributed by atoms with Crippen LogP contribution in [0, 0.1) is 0 Å². The third-order valence-electron chi connectivity index (χ3n) is 4.65. The molecule has 0 atom stereocenters. The van der Waals surface area contributed by atoms with E-state index in [2.05, 4.69) is 98.5 Å². The molecule has 0 saturated carbocycles. The van der Waals surface area contributed by atoms with E-state index in [1.54, 1.807) is 0 Å². The standard InChI is InChI=1S/C23H26OP/c1-3-4-19-24-22-17-11-12-18-23(22)25(2,20-13-7-5-8-14-20)21-15-9-6-10-16-21/h5-18H,3-4,19H2,1-2H3/q+1. The Balaban J connectivity index is 2.14. The predicted molar refractivity (Wildman–Crippen MR) is 111 cm³/mol. The van der Waals surface area contributed by atoms with Gasteiger partial charge in [-0.15, -0.1) is 0 Å². The van der Waals surface area contributed by atoms with Crippen molar-refractivity contribution in [2.75, 3.05) is 13.3 Å². The summed E-state index contributed by atoms with van der Waals surface area (Å²) >= 11 is 0. The number of hydrogen-bond acceptors (Lipinski definition) is 1. The molecule has 25 heavy (non-hydrogen) atoms. The lowest BCUT2D eigenvalue weighted by atomic mass is 10.3. The molecule has 0 amide bonds. The second-order valence-electron chi connectivity index (χ2n) is 6.35. The highest BCUT2D eigenvalue weighted by molar-refractivity contribution is 7.95. The van der Waals surface area contributed by atoms with Crippen LogP contribution in [0.15, 0.2) is 84.9 Å². The molecule has 1 nitrogen and oxygen atoms in total. The topological polar surface area (TPSA) is 9.23 Å². The minimum absolute atomic E-state index is 0.775. The average molecular weight is 349 g/mol. The maximum Gasteiger partial charge on any atom is 0.162 e. The average Bonchev–Trinajstić information content (AvgIpc) is 2.69. The second kappa shape index (κ2) is 8.32. The summed E-state index contributed by atoms with van der Waals surface area (Å²) in [6, 6.07) is 30.3. The van der Waals surface area contributed by atoms with Crippen LogP contribution in [0.25, 0.3) is 0 Å². The molecule has 0 N–H and O–H groups in total. The number of para-hydroxylation sites is 1. The van der Waals surface area contributed by atoms with E-state index in [-0.39, 0.29) is 0 Å². The Hall–Kier alpha value is -2.11. The first-order valence-corrected chi connectivity index (χ1v) is 11.2. The van der Waals surface area contributed by atoms with Gasteiger partial charge in [0.2, 0.25) is 0 Å². The molecular weight excluding hydrogens is 323 g/mol. The fraction of sp³-hybridized carbons (Fsp3) is 0.217. The van der Waals surface area contributed by atoms with E-state index < -0.39 is 7.26 Å². The van der Waals surface area contributed by atoms with Crippen LogP contribution in [-0.2, 0) is 0 Å². The van der Waals surface area contributed by atoms with Gasteiger partial charge in [0.05, 0.1) is 13.3 Å². The highest BCUT2D eigenvalue weighted by Gasteiger charge is 2.42. The molecule has 2 heteroatoms. The summed E-state index contributed by atoms with van der Waals surface area (Å²) in [5.74, 6) is 1.03. The van der Waals surface area contributed by atoms with Crippen LogP contribution in [0.2, 0.25) is 0 Å². The van der Waals surface area contributed by atoms with Gasteiger partial charge in [-0.25, -0.2) is 0 Å². The minimum atomic E-state index is -1.74. The van der Waals surface area contributed by atoms with Crippen LogP contribution in [0.4, 0.5) is 0 Å². The van der Waals surface area contributed by atoms with Crippen LogP contribution in [0.1, 0.15) is 19.8 Å². The lowest BCUT2D eigenvalue weighted by Gasteiger charge is -2.25. The Morgan fingerprint density at radius 1 is 0.720 bits per heavy atom. The molecule has 0 aromatic heterocycles. The Labute approximate surface area is 152 Å². The summed E-state index contributed by atoms with van der Waals surface area (Å²) in [4.78, 5) is 0. The third-order valence-corrected chi connectivity index (χ3v) is 8.64. The monoisotopic (exact) mass is 349 g/mol. The largest absolute Gasteiger partial charge is 0.489 e. The number of benzene rings is 3. The van der Waals surface area contributed by atoms with Gasteiger partial charge in [-0.3, -0.25) is 0 Å². The quantitative estimate of drug-likeness (QED) is 0.440. The van der Waals surface area contributed by atoms with Crippen molar-refractivity contribution in [3.05, 3.63) is 84.9 Å². The molecule has 0 aliphatic rings. The number of unbranched alkanes of at least 4 members (excludes halogenated alkanes) is 1. The molecule has 0 fully saturated rings. The van der Waals surface area contributed by atoms with Gasteiger partial charge in [0.25, 0.3) is 0 Å². The van der Waals surface area contributed by atoms with Crippen molar-refractivity contribution in [2.24, 2.45) is 0 Å². The first-order chi connectivity index (χ1) is 12.3. The van der Waals surface area contributed by atoms with E-state index in [1.165, 1.54) is 15.9 Å². The third kappa shape index (κ3) is 3.78. The van der Waals surface area contributed by atoms with E-state index in [4.69, 9.17) is 4.74 Å². The Kier molecular flexibility index (Phi) is 5.89. The zero-order valence-electron chi connectivity index (χ0n) is 15.1. The Morgan fingerprint density at radius 3 is 1.80 bits per heavy atom. The first-order valence-electron chi connectivity index (χ1n) is 8.97. The minimum Gasteiger partial charge on any atom is -0.489 e. The van der Waals surface area contributed by atoms with Crippen molar-refractivity contribution < 1.29 is 4.74 Å². The molecule has 0 aliphatic heterocycles. The molecule has 3 aromatic carbocycles. The zero-order valence-corrected chi connectivity index (χ0v) is 16.0. The van der Waals surface area contributed by atoms with E-state index in [9.17, 15) is 0 Å². The summed E-state index contributed by atoms with van der Waals surface area (Å²) in [5, 5.41) is 4.09. The van der Waals surface area contributed by atoms with Gasteiger partial charge in [-0.05, 0) is 42.8 Å². The summed E-state index contributed by atoms with van der Waals surface area (Å²) in [6.07, 6.45) is 2.23. The lowest BCUT2D eigenvalue weighted by molar-refractivity contribution is 0.312. The van der Waals surface area contributed by atoms with E-state index in [1.807, 2.05) is 0 Å². The summed E-state index contributed by atoms with van der Waals surface area (Å²) in [7, 11) is -1.74. The molecule has 0 aliphatic carbocycles. The van der Waals surface area contributed by atoms with Gasteiger partial charge in [-0.1, -0.05) is 61.9 Å². The fourth-order valence-corrected chi connectivity index (χ4v) is 6.51. The Morgan fingerprint density at radius 2 is 1.24 bits per heavy atom. The molecule has 0 heterocycles. The van der Waals surface area contributed by atoms with Gasteiger partial charge < -0.3 is 4.74 Å². The van der Waals surface area contributed by atoms with Gasteiger partial charge >= 0.3 is 0 Å². The van der Waals surface area contributed by atoms with E-state index >= 15 is 0 Å². The molecule has 0 radical (unpaired) electrons. The van der Waals surface area contributed by atoms with Crippen molar-refractivity contribution >= 4 is 23.2 Å². The number of ether oxygens (including phenoxy) is 1. The highest BCUT2D eigenvalue weighted by atomic mass is 31.2. The normalized spacial score (nSPS) is 11.3. The molecule has 3 rings (SSSR count). The number of rotatable bonds is 7. The lowest BCUT2D eigenvalue weighted by Crippen LogP contribution is -2.31. The van der Waals surface area contributed by atoms with Crippen molar-refractivity contribution in [3.8, 4) is 5.75 Å². The SMILES string of the molecule is CCCCOc1ccccc1[P+](C)(c1ccccc1)c1ccccc1. The van der Waals surface area contributed by atoms with Crippen molar-refractivity contribution in [3.63, 3.8) is 0 Å². The Bertz CT molecular complexity index is 744. The maximum atomic E-state index is 6.19. The fourth-order valence-electron chi connectivity index (χ4n) is 3.15. The van der Waals surface area contributed by atoms with Crippen molar-refractivity contribution in [1.82, 2.24) is 0 Å². The molecule has 0 bridgehead atoms. The van der Waals surface area contributed by atoms with Crippen LogP contribution in [0.3, 0.4) is 0 Å². The predicted octanol–water partition coefficient (Wildman–Crippen LogP) is 4.79. The van der Waals surface area contributed by atoms with Crippen LogP contribution >= 0.6 is 7.26 Å². The summed E-state index contributed by atoms with van der Waals surface area (Å²) in [5.41, 5.74) is 0. The highest BCUT2D eigenvalue weighted by Crippen LogP contribution is 2.53. The first kappa shape index (κ1) is 17.7. The van der Waals surface area contributed by atoms with Crippen LogP contribution < -0.4 is 20.7 Å². The molecule has 0 unspecified atom stereocenters. The van der Waals surface area contributed by atoms with Gasteiger partial charge in [0, 0.05) is 0 Å². The molecule has 0 spiro atoms. The molecule has 128 valence electrons. The van der Waals surface area contributed by atoms with E-state index in [0.29, 0.717) is 0 Å². The van der Waals surface area contributed by atoms with Gasteiger partial charge in [-0.2, -0.15) is 0 Å².